The summed E-state index contributed by atoms with van der Waals surface area (Å²) in [7, 11) is 0. The van der Waals surface area contributed by atoms with Gasteiger partial charge in [-0.1, -0.05) is 34.6 Å². The first-order valence-electron chi connectivity index (χ1n) is 5.65. The highest BCUT2D eigenvalue weighted by Gasteiger charge is 2.31. The van der Waals surface area contributed by atoms with Gasteiger partial charge < -0.3 is 5.32 Å². The Bertz CT molecular complexity index is 159. The molecule has 1 heteroatoms. The van der Waals surface area contributed by atoms with Crippen LogP contribution < -0.4 is 5.32 Å². The zero-order valence-electron chi connectivity index (χ0n) is 9.85. The van der Waals surface area contributed by atoms with Crippen molar-refractivity contribution in [1.82, 2.24) is 5.32 Å². The molecule has 2 unspecified atom stereocenters. The molecule has 1 nitrogen and oxygen atoms in total. The summed E-state index contributed by atoms with van der Waals surface area (Å²) in [5.41, 5.74) is 0.546. The smallest absolute Gasteiger partial charge is 0.00770 e. The molecule has 1 fully saturated rings. The van der Waals surface area contributed by atoms with Gasteiger partial charge in [-0.3, -0.25) is 0 Å². The molecule has 1 N–H and O–H groups in total. The molecule has 0 aromatic rings. The lowest BCUT2D eigenvalue weighted by molar-refractivity contribution is 0.147. The summed E-state index contributed by atoms with van der Waals surface area (Å²) in [5.74, 6) is 0.889. The molecule has 1 aliphatic rings. The fourth-order valence-corrected chi connectivity index (χ4v) is 2.94. The van der Waals surface area contributed by atoms with Gasteiger partial charge in [-0.2, -0.15) is 0 Å². The van der Waals surface area contributed by atoms with Crippen molar-refractivity contribution in [3.63, 3.8) is 0 Å². The normalized spacial score (nSPS) is 33.7. The lowest BCUT2D eigenvalue weighted by Crippen LogP contribution is -2.42. The molecule has 0 aromatic heterocycles. The fraction of sp³-hybridized carbons (Fsp3) is 1.00. The van der Waals surface area contributed by atoms with E-state index in [1.165, 1.54) is 19.3 Å². The topological polar surface area (TPSA) is 12.0 Å². The monoisotopic (exact) mass is 183 g/mol. The van der Waals surface area contributed by atoms with Crippen LogP contribution in [-0.2, 0) is 0 Å². The molecule has 0 bridgehead atoms. The van der Waals surface area contributed by atoms with Crippen LogP contribution in [-0.4, -0.2) is 12.1 Å². The Morgan fingerprint density at radius 3 is 2.31 bits per heavy atom. The Kier molecular flexibility index (Phi) is 3.39. The maximum absolute atomic E-state index is 3.67. The van der Waals surface area contributed by atoms with Crippen molar-refractivity contribution >= 4 is 0 Å². The molecule has 0 aromatic carbocycles. The number of hydrogen-bond acceptors (Lipinski definition) is 1. The highest BCUT2D eigenvalue weighted by Crippen LogP contribution is 2.38. The van der Waals surface area contributed by atoms with E-state index in [0.29, 0.717) is 11.5 Å². The van der Waals surface area contributed by atoms with E-state index < -0.39 is 0 Å². The van der Waals surface area contributed by atoms with Gasteiger partial charge >= 0.3 is 0 Å². The van der Waals surface area contributed by atoms with Gasteiger partial charge in [0, 0.05) is 12.1 Å². The predicted octanol–water partition coefficient (Wildman–Crippen LogP) is 3.20. The van der Waals surface area contributed by atoms with Gasteiger partial charge in [-0.25, -0.2) is 0 Å². The number of nitrogens with one attached hydrogen (secondary N) is 1. The molecule has 2 atom stereocenters. The first kappa shape index (κ1) is 11.0. The average molecular weight is 183 g/mol. The molecular formula is C12H25N. The minimum atomic E-state index is 0.546. The molecule has 1 rings (SSSR count). The summed E-state index contributed by atoms with van der Waals surface area (Å²) in [6.07, 6.45) is 4.10. The minimum Gasteiger partial charge on any atom is -0.312 e. The number of rotatable bonds is 2. The summed E-state index contributed by atoms with van der Waals surface area (Å²) in [5, 5.41) is 3.67. The maximum Gasteiger partial charge on any atom is 0.00770 e. The van der Waals surface area contributed by atoms with Gasteiger partial charge in [-0.15, -0.1) is 0 Å². The first-order valence-corrected chi connectivity index (χ1v) is 5.65. The molecule has 1 saturated carbocycles. The van der Waals surface area contributed by atoms with Crippen LogP contribution in [0.25, 0.3) is 0 Å². The van der Waals surface area contributed by atoms with Gasteiger partial charge in [-0.05, 0) is 30.6 Å². The van der Waals surface area contributed by atoms with Crippen molar-refractivity contribution in [1.29, 1.82) is 0 Å². The first-order chi connectivity index (χ1) is 5.89. The van der Waals surface area contributed by atoms with E-state index in [9.17, 15) is 0 Å². The second-order valence-corrected chi connectivity index (χ2v) is 5.93. The molecule has 0 spiro atoms. The lowest BCUT2D eigenvalue weighted by Gasteiger charge is -2.40. The van der Waals surface area contributed by atoms with Crippen molar-refractivity contribution in [3.8, 4) is 0 Å². The lowest BCUT2D eigenvalue weighted by atomic mass is 9.70. The Morgan fingerprint density at radius 1 is 1.23 bits per heavy atom. The van der Waals surface area contributed by atoms with E-state index in [0.717, 1.165) is 12.0 Å². The van der Waals surface area contributed by atoms with Gasteiger partial charge in [0.05, 0.1) is 0 Å². The van der Waals surface area contributed by atoms with Crippen LogP contribution in [0, 0.1) is 11.3 Å². The van der Waals surface area contributed by atoms with Gasteiger partial charge in [0.2, 0.25) is 0 Å². The van der Waals surface area contributed by atoms with Gasteiger partial charge in [0.15, 0.2) is 0 Å². The maximum atomic E-state index is 3.67. The molecule has 13 heavy (non-hydrogen) atoms. The zero-order chi connectivity index (χ0) is 10.1. The van der Waals surface area contributed by atoms with E-state index in [4.69, 9.17) is 0 Å². The summed E-state index contributed by atoms with van der Waals surface area (Å²) in [4.78, 5) is 0. The van der Waals surface area contributed by atoms with E-state index in [-0.39, 0.29) is 0 Å². The summed E-state index contributed by atoms with van der Waals surface area (Å²) < 4.78 is 0. The second kappa shape index (κ2) is 4.00. The Balaban J connectivity index is 2.48. The van der Waals surface area contributed by atoms with Crippen molar-refractivity contribution in [2.75, 3.05) is 0 Å². The van der Waals surface area contributed by atoms with Crippen LogP contribution in [0.4, 0.5) is 0 Å². The molecule has 0 radical (unpaired) electrons. The SMILES string of the molecule is CC1CC(NC(C)C)CC(C)(C)C1. The van der Waals surface area contributed by atoms with E-state index in [1.54, 1.807) is 0 Å². The fourth-order valence-electron chi connectivity index (χ4n) is 2.94. The highest BCUT2D eigenvalue weighted by molar-refractivity contribution is 4.86. The molecule has 78 valence electrons. The van der Waals surface area contributed by atoms with Crippen LogP contribution in [0.1, 0.15) is 53.9 Å². The standard InChI is InChI=1S/C12H25N/c1-9(2)13-11-6-10(3)7-12(4,5)8-11/h9-11,13H,6-8H2,1-5H3. The predicted molar refractivity (Wildman–Crippen MR) is 58.9 cm³/mol. The third-order valence-electron chi connectivity index (χ3n) is 2.96. The van der Waals surface area contributed by atoms with Crippen LogP contribution in [0.15, 0.2) is 0 Å². The number of hydrogen-bond donors (Lipinski definition) is 1. The molecule has 1 aliphatic carbocycles. The van der Waals surface area contributed by atoms with Crippen LogP contribution in [0.3, 0.4) is 0 Å². The van der Waals surface area contributed by atoms with E-state index in [1.807, 2.05) is 0 Å². The molecule has 0 saturated heterocycles. The molecular weight excluding hydrogens is 158 g/mol. The van der Waals surface area contributed by atoms with Crippen molar-refractivity contribution < 1.29 is 0 Å². The average Bonchev–Trinajstić information content (AvgIpc) is 1.78. The summed E-state index contributed by atoms with van der Waals surface area (Å²) in [6.45, 7) is 11.7. The summed E-state index contributed by atoms with van der Waals surface area (Å²) in [6, 6.07) is 1.38. The Morgan fingerprint density at radius 2 is 1.85 bits per heavy atom. The van der Waals surface area contributed by atoms with Crippen LogP contribution in [0.5, 0.6) is 0 Å². The van der Waals surface area contributed by atoms with Crippen molar-refractivity contribution in [2.24, 2.45) is 11.3 Å². The molecule has 0 aliphatic heterocycles. The molecule has 0 amide bonds. The molecule has 0 heterocycles. The van der Waals surface area contributed by atoms with E-state index >= 15 is 0 Å². The Labute approximate surface area is 83.3 Å². The largest absolute Gasteiger partial charge is 0.312 e. The minimum absolute atomic E-state index is 0.546. The van der Waals surface area contributed by atoms with E-state index in [2.05, 4.69) is 39.9 Å². The quantitative estimate of drug-likeness (QED) is 0.693. The second-order valence-electron chi connectivity index (χ2n) is 5.93. The van der Waals surface area contributed by atoms with Crippen molar-refractivity contribution in [3.05, 3.63) is 0 Å². The Hall–Kier alpha value is -0.0400. The van der Waals surface area contributed by atoms with Crippen LogP contribution >= 0.6 is 0 Å². The van der Waals surface area contributed by atoms with Crippen molar-refractivity contribution in [2.45, 2.75) is 66.0 Å². The van der Waals surface area contributed by atoms with Gasteiger partial charge in [0.1, 0.15) is 0 Å². The van der Waals surface area contributed by atoms with Crippen LogP contribution in [0.2, 0.25) is 0 Å². The highest BCUT2D eigenvalue weighted by atomic mass is 14.9. The third-order valence-corrected chi connectivity index (χ3v) is 2.96. The third kappa shape index (κ3) is 3.68. The zero-order valence-corrected chi connectivity index (χ0v) is 9.85. The summed E-state index contributed by atoms with van der Waals surface area (Å²) >= 11 is 0. The van der Waals surface area contributed by atoms with Gasteiger partial charge in [0.25, 0.3) is 0 Å².